The highest BCUT2D eigenvalue weighted by Gasteiger charge is 2.33. The van der Waals surface area contributed by atoms with Gasteiger partial charge in [-0.15, -0.1) is 0 Å². The van der Waals surface area contributed by atoms with Gasteiger partial charge in [0.25, 0.3) is 5.91 Å². The van der Waals surface area contributed by atoms with Crippen LogP contribution in [-0.4, -0.2) is 70.2 Å². The number of hydrogen-bond donors (Lipinski definition) is 2. The number of aliphatic hydroxyl groups excluding tert-OH is 1. The third-order valence-corrected chi connectivity index (χ3v) is 8.95. The number of rotatable bonds is 9. The molecule has 5 rings (SSSR count). The Morgan fingerprint density at radius 1 is 1.14 bits per heavy atom. The lowest BCUT2D eigenvalue weighted by Gasteiger charge is -2.38. The molecule has 3 atom stereocenters. The number of aromatic nitrogens is 1. The number of carbonyl (C=O) groups is 2. The first kappa shape index (κ1) is 31.9. The molecule has 0 spiro atoms. The van der Waals surface area contributed by atoms with Crippen LogP contribution < -0.4 is 10.1 Å². The van der Waals surface area contributed by atoms with Crippen molar-refractivity contribution in [3.05, 3.63) is 93.6 Å². The molecule has 0 bridgehead atoms. The van der Waals surface area contributed by atoms with E-state index in [2.05, 4.69) is 17.1 Å². The van der Waals surface area contributed by atoms with Crippen molar-refractivity contribution in [1.82, 2.24) is 14.4 Å². The lowest BCUT2D eigenvalue weighted by Crippen LogP contribution is -2.49. The number of anilines is 1. The van der Waals surface area contributed by atoms with E-state index in [0.717, 1.165) is 22.0 Å². The zero-order valence-corrected chi connectivity index (χ0v) is 26.9. The summed E-state index contributed by atoms with van der Waals surface area (Å²) >= 11 is 12.3. The Hall–Kier alpha value is -3.56. The van der Waals surface area contributed by atoms with Crippen LogP contribution in [0.15, 0.2) is 66.9 Å². The maximum atomic E-state index is 13.8. The number of halogens is 2. The van der Waals surface area contributed by atoms with E-state index in [0.29, 0.717) is 46.7 Å². The van der Waals surface area contributed by atoms with Crippen LogP contribution in [-0.2, 0) is 24.8 Å². The molecule has 44 heavy (non-hydrogen) atoms. The van der Waals surface area contributed by atoms with Crippen LogP contribution in [0.3, 0.4) is 0 Å². The first-order valence-electron chi connectivity index (χ1n) is 14.7. The molecule has 0 fully saturated rings. The van der Waals surface area contributed by atoms with Crippen molar-refractivity contribution >= 4 is 51.6 Å². The number of amides is 2. The van der Waals surface area contributed by atoms with Crippen LogP contribution in [0, 0.1) is 5.92 Å². The Labute approximate surface area is 268 Å². The summed E-state index contributed by atoms with van der Waals surface area (Å²) in [4.78, 5) is 30.8. The summed E-state index contributed by atoms with van der Waals surface area (Å²) < 4.78 is 8.53. The van der Waals surface area contributed by atoms with E-state index in [-0.39, 0.29) is 36.9 Å². The second-order valence-corrected chi connectivity index (χ2v) is 12.6. The van der Waals surface area contributed by atoms with E-state index in [1.165, 1.54) is 0 Å². The standard InChI is InChI=1S/C34H38Cl2N4O4/c1-21-16-40(22(2)20-41)34(43)27-15-25(37-33(42)14-24-18-39(4)30-8-6-5-7-26(24)30)10-12-31(27)44-32(21)19-38(3)17-23-9-11-28(35)29(36)13-23/h5-13,15,18,21-22,32,41H,14,16-17,19-20H2,1-4H3,(H,37,42)/t21-,22-,32-/m1/s1. The van der Waals surface area contributed by atoms with Gasteiger partial charge in [0.05, 0.1) is 34.7 Å². The largest absolute Gasteiger partial charge is 0.488 e. The fraction of sp³-hybridized carbons (Fsp3) is 0.353. The summed E-state index contributed by atoms with van der Waals surface area (Å²) in [6.07, 6.45) is 1.91. The van der Waals surface area contributed by atoms with Gasteiger partial charge in [-0.2, -0.15) is 0 Å². The number of hydrogen-bond acceptors (Lipinski definition) is 5. The lowest BCUT2D eigenvalue weighted by molar-refractivity contribution is -0.115. The monoisotopic (exact) mass is 636 g/mol. The smallest absolute Gasteiger partial charge is 0.258 e. The van der Waals surface area contributed by atoms with Crippen molar-refractivity contribution in [1.29, 1.82) is 0 Å². The minimum absolute atomic E-state index is 0.0302. The van der Waals surface area contributed by atoms with E-state index in [1.807, 2.05) is 68.2 Å². The molecule has 3 aromatic carbocycles. The Morgan fingerprint density at radius 3 is 2.66 bits per heavy atom. The number of aliphatic hydroxyl groups is 1. The molecule has 1 aliphatic rings. The molecule has 0 unspecified atom stereocenters. The van der Waals surface area contributed by atoms with Gasteiger partial charge in [0.15, 0.2) is 0 Å². The number of carbonyl (C=O) groups excluding carboxylic acids is 2. The number of nitrogens with one attached hydrogen (secondary N) is 1. The quantitative estimate of drug-likeness (QED) is 0.235. The Kier molecular flexibility index (Phi) is 9.85. The SMILES string of the molecule is C[C@@H]1CN([C@H](C)CO)C(=O)c2cc(NC(=O)Cc3cn(C)c4ccccc34)ccc2O[C@@H]1CN(C)Cc1ccc(Cl)c(Cl)c1. The topological polar surface area (TPSA) is 87.0 Å². The van der Waals surface area contributed by atoms with E-state index in [1.54, 1.807) is 29.2 Å². The molecular weight excluding hydrogens is 599 g/mol. The number of ether oxygens (including phenoxy) is 1. The molecule has 2 N–H and O–H groups in total. The highest BCUT2D eigenvalue weighted by molar-refractivity contribution is 6.42. The lowest BCUT2D eigenvalue weighted by atomic mass is 9.99. The van der Waals surface area contributed by atoms with Gasteiger partial charge in [-0.3, -0.25) is 14.5 Å². The fourth-order valence-corrected chi connectivity index (χ4v) is 6.10. The molecule has 1 aliphatic heterocycles. The van der Waals surface area contributed by atoms with Crippen molar-refractivity contribution in [3.63, 3.8) is 0 Å². The van der Waals surface area contributed by atoms with Crippen molar-refractivity contribution in [2.75, 3.05) is 32.1 Å². The van der Waals surface area contributed by atoms with Gasteiger partial charge in [0.1, 0.15) is 11.9 Å². The number of benzene rings is 3. The number of likely N-dealkylation sites (N-methyl/N-ethyl adjacent to an activating group) is 1. The Balaban J connectivity index is 1.37. The average molecular weight is 638 g/mol. The summed E-state index contributed by atoms with van der Waals surface area (Å²) in [5.41, 5.74) is 3.86. The molecule has 8 nitrogen and oxygen atoms in total. The van der Waals surface area contributed by atoms with Crippen LogP contribution in [0.2, 0.25) is 10.0 Å². The van der Waals surface area contributed by atoms with E-state index < -0.39 is 6.04 Å². The van der Waals surface area contributed by atoms with Gasteiger partial charge in [-0.05, 0) is 61.5 Å². The summed E-state index contributed by atoms with van der Waals surface area (Å²) in [5, 5.41) is 15.0. The molecule has 10 heteroatoms. The van der Waals surface area contributed by atoms with Gasteiger partial charge >= 0.3 is 0 Å². The molecule has 2 amide bonds. The fourth-order valence-electron chi connectivity index (χ4n) is 5.78. The van der Waals surface area contributed by atoms with Gasteiger partial charge in [0, 0.05) is 55.4 Å². The van der Waals surface area contributed by atoms with Gasteiger partial charge in [-0.1, -0.05) is 54.4 Å². The third-order valence-electron chi connectivity index (χ3n) is 8.21. The Morgan fingerprint density at radius 2 is 1.91 bits per heavy atom. The van der Waals surface area contributed by atoms with Crippen LogP contribution >= 0.6 is 23.2 Å². The maximum Gasteiger partial charge on any atom is 0.258 e. The zero-order chi connectivity index (χ0) is 31.5. The molecule has 0 saturated carbocycles. The second kappa shape index (κ2) is 13.6. The van der Waals surface area contributed by atoms with E-state index in [4.69, 9.17) is 27.9 Å². The molecule has 0 aliphatic carbocycles. The number of fused-ring (bicyclic) bond motifs is 2. The minimum Gasteiger partial charge on any atom is -0.488 e. The van der Waals surface area contributed by atoms with Crippen molar-refractivity contribution in [2.45, 2.75) is 39.0 Å². The molecular formula is C34H38Cl2N4O4. The first-order valence-corrected chi connectivity index (χ1v) is 15.5. The second-order valence-electron chi connectivity index (χ2n) is 11.8. The van der Waals surface area contributed by atoms with E-state index >= 15 is 0 Å². The summed E-state index contributed by atoms with van der Waals surface area (Å²) in [6.45, 7) is 5.33. The highest BCUT2D eigenvalue weighted by Crippen LogP contribution is 2.31. The molecule has 0 saturated heterocycles. The zero-order valence-electron chi connectivity index (χ0n) is 25.4. The predicted octanol–water partition coefficient (Wildman–Crippen LogP) is 6.02. The highest BCUT2D eigenvalue weighted by atomic mass is 35.5. The molecule has 232 valence electrons. The minimum atomic E-state index is -0.393. The molecule has 4 aromatic rings. The van der Waals surface area contributed by atoms with E-state index in [9.17, 15) is 14.7 Å². The maximum absolute atomic E-state index is 13.8. The van der Waals surface area contributed by atoms with Crippen LogP contribution in [0.1, 0.15) is 35.3 Å². The average Bonchev–Trinajstić information content (AvgIpc) is 3.31. The number of nitrogens with zero attached hydrogens (tertiary/aromatic N) is 3. The summed E-state index contributed by atoms with van der Waals surface area (Å²) in [6, 6.07) is 18.3. The van der Waals surface area contributed by atoms with Crippen molar-refractivity contribution in [3.8, 4) is 5.75 Å². The Bertz CT molecular complexity index is 1670. The first-order chi connectivity index (χ1) is 21.0. The third kappa shape index (κ3) is 7.05. The van der Waals surface area contributed by atoms with Crippen LogP contribution in [0.25, 0.3) is 10.9 Å². The van der Waals surface area contributed by atoms with Gasteiger partial charge < -0.3 is 24.6 Å². The molecule has 0 radical (unpaired) electrons. The van der Waals surface area contributed by atoms with Crippen LogP contribution in [0.4, 0.5) is 5.69 Å². The van der Waals surface area contributed by atoms with Crippen molar-refractivity contribution in [2.24, 2.45) is 13.0 Å². The van der Waals surface area contributed by atoms with Crippen LogP contribution in [0.5, 0.6) is 5.75 Å². The van der Waals surface area contributed by atoms with Gasteiger partial charge in [0.2, 0.25) is 5.91 Å². The van der Waals surface area contributed by atoms with Gasteiger partial charge in [-0.25, -0.2) is 0 Å². The number of para-hydroxylation sites is 1. The van der Waals surface area contributed by atoms with Crippen molar-refractivity contribution < 1.29 is 19.4 Å². The predicted molar refractivity (Wildman–Crippen MR) is 176 cm³/mol. The molecule has 1 aromatic heterocycles. The normalized spacial score (nSPS) is 17.6. The number of aryl methyl sites for hydroxylation is 1. The summed E-state index contributed by atoms with van der Waals surface area (Å²) in [5.74, 6) is -0.0215. The molecule has 2 heterocycles. The summed E-state index contributed by atoms with van der Waals surface area (Å²) in [7, 11) is 3.97.